The summed E-state index contributed by atoms with van der Waals surface area (Å²) >= 11 is 0. The van der Waals surface area contributed by atoms with Crippen LogP contribution in [0.3, 0.4) is 0 Å². The Kier molecular flexibility index (Phi) is 15.8. The first kappa shape index (κ1) is 46.0. The van der Waals surface area contributed by atoms with Crippen LogP contribution in [-0.2, 0) is 27.3 Å². The highest BCUT2D eigenvalue weighted by molar-refractivity contribution is 5.97. The number of urea groups is 2. The van der Waals surface area contributed by atoms with Crippen LogP contribution in [0, 0.1) is 0 Å². The van der Waals surface area contributed by atoms with Crippen LogP contribution in [0.2, 0.25) is 0 Å². The number of amides is 4. The lowest BCUT2D eigenvalue weighted by Gasteiger charge is -2.43. The third-order valence-electron chi connectivity index (χ3n) is 12.2. The van der Waals surface area contributed by atoms with Gasteiger partial charge in [-0.2, -0.15) is 0 Å². The van der Waals surface area contributed by atoms with E-state index in [9.17, 15) is 19.2 Å². The number of esters is 1. The summed E-state index contributed by atoms with van der Waals surface area (Å²) in [4.78, 5) is 62.9. The van der Waals surface area contributed by atoms with E-state index in [1.807, 2.05) is 82.6 Å². The first-order chi connectivity index (χ1) is 31.2. The summed E-state index contributed by atoms with van der Waals surface area (Å²) in [5.74, 6) is 0.897. The third-order valence-corrected chi connectivity index (χ3v) is 12.2. The lowest BCUT2D eigenvalue weighted by atomic mass is 10.1. The molecule has 4 amide bonds. The van der Waals surface area contributed by atoms with Crippen LogP contribution < -0.4 is 25.0 Å². The predicted octanol–water partition coefficient (Wildman–Crippen LogP) is 4.60. The summed E-state index contributed by atoms with van der Waals surface area (Å²) in [6.07, 6.45) is 0. The average Bonchev–Trinajstić information content (AvgIpc) is 3.31. The second kappa shape index (κ2) is 22.0. The normalized spacial score (nSPS) is 16.9. The molecule has 4 aliphatic rings. The number of carbonyl (C=O) groups excluding carboxylic acids is 4. The zero-order valence-corrected chi connectivity index (χ0v) is 36.9. The fourth-order valence-electron chi connectivity index (χ4n) is 8.00. The van der Waals surface area contributed by atoms with Gasteiger partial charge in [-0.05, 0) is 47.5 Å². The largest absolute Gasteiger partial charge is 0.497 e. The van der Waals surface area contributed by atoms with Gasteiger partial charge in [0.05, 0.1) is 85.0 Å². The van der Waals surface area contributed by atoms with E-state index in [0.29, 0.717) is 74.0 Å². The topological polar surface area (TPSA) is 160 Å². The predicted molar refractivity (Wildman–Crippen MR) is 242 cm³/mol. The van der Waals surface area contributed by atoms with E-state index in [-0.39, 0.29) is 30.4 Å². The highest BCUT2D eigenvalue weighted by Crippen LogP contribution is 2.27. The number of methoxy groups -OCH3 is 3. The van der Waals surface area contributed by atoms with Gasteiger partial charge in [0.25, 0.3) is 0 Å². The third kappa shape index (κ3) is 11.4. The number of anilines is 2. The summed E-state index contributed by atoms with van der Waals surface area (Å²) in [7, 11) is 4.58. The Morgan fingerprint density at radius 2 is 0.984 bits per heavy atom. The van der Waals surface area contributed by atoms with Crippen molar-refractivity contribution >= 4 is 35.2 Å². The van der Waals surface area contributed by atoms with Crippen LogP contribution in [0.25, 0.3) is 0 Å². The summed E-state index contributed by atoms with van der Waals surface area (Å²) in [6, 6.07) is 30.3. The summed E-state index contributed by atoms with van der Waals surface area (Å²) < 4.78 is 26.1. The quantitative estimate of drug-likeness (QED) is 0.147. The number of rotatable bonds is 13. The monoisotopic (exact) mass is 877 g/mol. The molecular formula is C48H59N7O9. The van der Waals surface area contributed by atoms with Crippen molar-refractivity contribution in [2.45, 2.75) is 25.2 Å². The number of piperazine rings is 2. The lowest BCUT2D eigenvalue weighted by molar-refractivity contribution is -0.0738. The molecule has 4 aliphatic heterocycles. The Balaban J connectivity index is 0.000000191. The Labute approximate surface area is 374 Å². The molecule has 0 aromatic heterocycles. The number of carbonyl (C=O) groups is 4. The molecule has 4 saturated heterocycles. The molecule has 4 fully saturated rings. The average molecular weight is 878 g/mol. The second-order valence-electron chi connectivity index (χ2n) is 16.1. The van der Waals surface area contributed by atoms with Crippen LogP contribution in [0.4, 0.5) is 21.0 Å². The van der Waals surface area contributed by atoms with Gasteiger partial charge in [-0.25, -0.2) is 14.4 Å². The molecule has 0 bridgehead atoms. The van der Waals surface area contributed by atoms with Gasteiger partial charge in [-0.3, -0.25) is 24.4 Å². The van der Waals surface area contributed by atoms with Crippen molar-refractivity contribution < 1.29 is 42.9 Å². The number of nitrogens with two attached hydrogens (primary N) is 1. The highest BCUT2D eigenvalue weighted by Gasteiger charge is 2.34. The first-order valence-electron chi connectivity index (χ1n) is 21.7. The molecular weight excluding hydrogens is 819 g/mol. The molecule has 4 heterocycles. The number of ketones is 1. The standard InChI is InChI=1S/C24H30N4O4.C24H29N3O5/c1-31-22-4-2-3-20(13-22)28(15-18-5-7-19(8-6-18)23(29)14-25)24(30)27-11-9-26(10-12-27)21-16-32-17-21;1-30-22-5-3-4-20(14-22)27(15-18-6-8-19(9-7-18)23(28)31-2)24(29)26-12-10-25(11-13-26)21-16-32-17-21/h2-8,13,21H,9-12,14-17,25H2,1H3;3-9,14,21H,10-13,15-17H2,1-2H3. The molecule has 0 radical (unpaired) electrons. The van der Waals surface area contributed by atoms with Crippen molar-refractivity contribution in [1.29, 1.82) is 0 Å². The van der Waals surface area contributed by atoms with E-state index in [1.54, 1.807) is 48.3 Å². The number of ether oxygens (including phenoxy) is 5. The first-order valence-corrected chi connectivity index (χ1v) is 21.7. The summed E-state index contributed by atoms with van der Waals surface area (Å²) in [5.41, 5.74) is 9.89. The van der Waals surface area contributed by atoms with Crippen LogP contribution in [-0.4, -0.2) is 162 Å². The number of benzene rings is 4. The Morgan fingerprint density at radius 1 is 0.578 bits per heavy atom. The van der Waals surface area contributed by atoms with Crippen molar-refractivity contribution in [2.75, 3.05) is 116 Å². The lowest BCUT2D eigenvalue weighted by Crippen LogP contribution is -2.59. The van der Waals surface area contributed by atoms with E-state index < -0.39 is 0 Å². The Bertz CT molecular complexity index is 2030. The molecule has 4 aromatic rings. The van der Waals surface area contributed by atoms with Gasteiger partial charge in [0, 0.05) is 81.4 Å². The van der Waals surface area contributed by atoms with Gasteiger partial charge in [-0.15, -0.1) is 0 Å². The van der Waals surface area contributed by atoms with Crippen LogP contribution in [0.1, 0.15) is 31.8 Å². The molecule has 8 rings (SSSR count). The smallest absolute Gasteiger partial charge is 0.337 e. The fraction of sp³-hybridized carbons (Fsp3) is 0.417. The molecule has 0 saturated carbocycles. The van der Waals surface area contributed by atoms with Gasteiger partial charge >= 0.3 is 18.0 Å². The number of nitrogens with zero attached hydrogens (tertiary/aromatic N) is 6. The summed E-state index contributed by atoms with van der Waals surface area (Å²) in [6.45, 7) is 9.99. The minimum absolute atomic E-state index is 0.0211. The van der Waals surface area contributed by atoms with Gasteiger partial charge in [0.1, 0.15) is 11.5 Å². The minimum Gasteiger partial charge on any atom is -0.497 e. The maximum absolute atomic E-state index is 13.6. The molecule has 0 aliphatic carbocycles. The molecule has 64 heavy (non-hydrogen) atoms. The number of hydrogen-bond acceptors (Lipinski definition) is 12. The van der Waals surface area contributed by atoms with Crippen LogP contribution in [0.15, 0.2) is 97.1 Å². The van der Waals surface area contributed by atoms with E-state index in [0.717, 1.165) is 75.1 Å². The van der Waals surface area contributed by atoms with Gasteiger partial charge < -0.3 is 39.2 Å². The minimum atomic E-state index is -0.382. The van der Waals surface area contributed by atoms with Crippen molar-refractivity contribution in [3.63, 3.8) is 0 Å². The fourth-order valence-corrected chi connectivity index (χ4v) is 8.00. The van der Waals surface area contributed by atoms with Crippen molar-refractivity contribution in [3.05, 3.63) is 119 Å². The van der Waals surface area contributed by atoms with Crippen molar-refractivity contribution in [1.82, 2.24) is 19.6 Å². The maximum atomic E-state index is 13.6. The summed E-state index contributed by atoms with van der Waals surface area (Å²) in [5, 5.41) is 0. The zero-order chi connectivity index (χ0) is 45.0. The van der Waals surface area contributed by atoms with Crippen molar-refractivity contribution in [3.8, 4) is 11.5 Å². The van der Waals surface area contributed by atoms with E-state index in [2.05, 4.69) is 9.80 Å². The molecule has 4 aromatic carbocycles. The SMILES string of the molecule is COC(=O)c1ccc(CN(C(=O)N2CCN(C3COC3)CC2)c2cccc(OC)c2)cc1.COc1cccc(N(Cc2ccc(C(=O)CN)cc2)C(=O)N2CCN(C3COC3)CC2)c1. The molecule has 2 N–H and O–H groups in total. The highest BCUT2D eigenvalue weighted by atomic mass is 16.5. The molecule has 340 valence electrons. The molecule has 16 heteroatoms. The molecule has 0 spiro atoms. The van der Waals surface area contributed by atoms with Crippen LogP contribution >= 0.6 is 0 Å². The van der Waals surface area contributed by atoms with E-state index in [1.165, 1.54) is 7.11 Å². The number of hydrogen-bond donors (Lipinski definition) is 1. The maximum Gasteiger partial charge on any atom is 0.337 e. The van der Waals surface area contributed by atoms with Crippen molar-refractivity contribution in [2.24, 2.45) is 5.73 Å². The van der Waals surface area contributed by atoms with E-state index in [4.69, 9.17) is 29.4 Å². The Hall–Kier alpha value is -6.04. The zero-order valence-electron chi connectivity index (χ0n) is 36.9. The Morgan fingerprint density at radius 3 is 1.33 bits per heavy atom. The number of Topliss-reactive ketones (excluding diaryl/α,β-unsaturated/α-hetero) is 1. The molecule has 0 atom stereocenters. The van der Waals surface area contributed by atoms with Crippen LogP contribution in [0.5, 0.6) is 11.5 Å². The van der Waals surface area contributed by atoms with E-state index >= 15 is 0 Å². The molecule has 0 unspecified atom stereocenters. The van der Waals surface area contributed by atoms with Gasteiger partial charge in [-0.1, -0.05) is 48.5 Å². The molecule has 16 nitrogen and oxygen atoms in total. The van der Waals surface area contributed by atoms with Gasteiger partial charge in [0.15, 0.2) is 5.78 Å². The second-order valence-corrected chi connectivity index (χ2v) is 16.1. The van der Waals surface area contributed by atoms with Gasteiger partial charge in [0.2, 0.25) is 0 Å².